The highest BCUT2D eigenvalue weighted by Gasteiger charge is 2.22. The Morgan fingerprint density at radius 2 is 1.31 bits per heavy atom. The lowest BCUT2D eigenvalue weighted by Gasteiger charge is -2.05. The molecule has 212 valence electrons. The van der Waals surface area contributed by atoms with E-state index in [0.717, 1.165) is 48.0 Å². The maximum absolute atomic E-state index is 12.1. The number of carbonyl (C=O) groups is 3. The molecule has 6 N–H and O–H groups in total. The zero-order valence-corrected chi connectivity index (χ0v) is 25.5. The molecule has 2 aliphatic rings. The van der Waals surface area contributed by atoms with Crippen LogP contribution in [0.3, 0.4) is 0 Å². The molecule has 0 saturated heterocycles. The first kappa shape index (κ1) is 29.2. The fourth-order valence-electron chi connectivity index (χ4n) is 4.75. The molecule has 0 bridgehead atoms. The van der Waals surface area contributed by atoms with Crippen LogP contribution >= 0.6 is 31.9 Å². The van der Waals surface area contributed by atoms with Crippen molar-refractivity contribution in [1.29, 1.82) is 0 Å². The average Bonchev–Trinajstić information content (AvgIpc) is 3.17. The second-order valence-electron chi connectivity index (χ2n) is 9.61. The SMILES string of the molecule is NNc1ccc(Br)cc1.O=C1CCC(=O)c2ccccc2N1.O=C1Cc2c([nH]c3ccc(Br)cc23)-c2ccccc2N1. The number of ketones is 1. The van der Waals surface area contributed by atoms with E-state index < -0.39 is 0 Å². The van der Waals surface area contributed by atoms with Gasteiger partial charge < -0.3 is 21.0 Å². The van der Waals surface area contributed by atoms with Crippen LogP contribution in [-0.4, -0.2) is 22.6 Å². The number of aromatic nitrogens is 1. The molecular weight excluding hydrogens is 662 g/mol. The summed E-state index contributed by atoms with van der Waals surface area (Å²) >= 11 is 6.80. The van der Waals surface area contributed by atoms with Crippen molar-refractivity contribution in [3.05, 3.63) is 111 Å². The molecule has 1 aromatic heterocycles. The first-order valence-corrected chi connectivity index (χ1v) is 14.7. The molecule has 4 aromatic carbocycles. The highest BCUT2D eigenvalue weighted by atomic mass is 79.9. The maximum atomic E-state index is 12.1. The molecule has 8 nitrogen and oxygen atoms in total. The Bertz CT molecular complexity index is 1780. The average molecular weight is 689 g/mol. The van der Waals surface area contributed by atoms with Crippen LogP contribution in [-0.2, 0) is 16.0 Å². The Balaban J connectivity index is 0.000000138. The van der Waals surface area contributed by atoms with Gasteiger partial charge in [0.1, 0.15) is 0 Å². The molecule has 0 saturated carbocycles. The van der Waals surface area contributed by atoms with Crippen LogP contribution < -0.4 is 21.9 Å². The van der Waals surface area contributed by atoms with E-state index in [1.165, 1.54) is 0 Å². The number of benzene rings is 4. The zero-order valence-electron chi connectivity index (χ0n) is 22.3. The Morgan fingerprint density at radius 3 is 2.02 bits per heavy atom. The number of halogens is 2. The van der Waals surface area contributed by atoms with Gasteiger partial charge in [0.2, 0.25) is 11.8 Å². The van der Waals surface area contributed by atoms with Gasteiger partial charge in [-0.15, -0.1) is 0 Å². The summed E-state index contributed by atoms with van der Waals surface area (Å²) in [7, 11) is 0. The van der Waals surface area contributed by atoms with E-state index in [2.05, 4.69) is 59.0 Å². The molecule has 0 fully saturated rings. The van der Waals surface area contributed by atoms with E-state index in [1.54, 1.807) is 24.3 Å². The van der Waals surface area contributed by atoms with Gasteiger partial charge in [0.15, 0.2) is 5.78 Å². The lowest BCUT2D eigenvalue weighted by molar-refractivity contribution is -0.116. The Labute approximate surface area is 259 Å². The Hall–Kier alpha value is -4.25. The number of rotatable bonds is 1. The van der Waals surface area contributed by atoms with Crippen LogP contribution in [0, 0.1) is 0 Å². The first-order chi connectivity index (χ1) is 20.3. The summed E-state index contributed by atoms with van der Waals surface area (Å²) in [6.45, 7) is 0. The van der Waals surface area contributed by atoms with E-state index in [9.17, 15) is 14.4 Å². The standard InChI is InChI=1S/C16H11BrN2O.C10H9NO2.C6H7BrN2/c17-9-5-6-14-11(7-9)12-8-15(20)18-13-4-2-1-3-10(13)16(12)19-14;12-9-5-6-10(13)11-8-4-2-1-3-7(8)9;7-5-1-3-6(9-8)4-2-5/h1-7,19H,8H2,(H,18,20);1-4H,5-6H2,(H,11,13);1-4,9H,8H2. The number of anilines is 3. The van der Waals surface area contributed by atoms with E-state index >= 15 is 0 Å². The molecule has 0 unspecified atom stereocenters. The molecule has 42 heavy (non-hydrogen) atoms. The maximum Gasteiger partial charge on any atom is 0.228 e. The topological polar surface area (TPSA) is 129 Å². The summed E-state index contributed by atoms with van der Waals surface area (Å²) in [4.78, 5) is 38.1. The van der Waals surface area contributed by atoms with E-state index in [0.29, 0.717) is 24.1 Å². The number of aromatic amines is 1. The van der Waals surface area contributed by atoms with Crippen molar-refractivity contribution in [2.24, 2.45) is 5.84 Å². The molecule has 2 aliphatic heterocycles. The third-order valence-corrected chi connectivity index (χ3v) is 7.79. The number of hydrazine groups is 1. The molecule has 0 radical (unpaired) electrons. The van der Waals surface area contributed by atoms with Gasteiger partial charge in [-0.3, -0.25) is 20.2 Å². The lowest BCUT2D eigenvalue weighted by Crippen LogP contribution is -2.12. The van der Waals surface area contributed by atoms with Crippen molar-refractivity contribution in [2.75, 3.05) is 16.1 Å². The predicted octanol–water partition coefficient (Wildman–Crippen LogP) is 7.43. The number of carbonyl (C=O) groups excluding carboxylic acids is 3. The monoisotopic (exact) mass is 687 g/mol. The van der Waals surface area contributed by atoms with Gasteiger partial charge in [0, 0.05) is 49.5 Å². The number of para-hydroxylation sites is 2. The van der Waals surface area contributed by atoms with Gasteiger partial charge in [-0.25, -0.2) is 0 Å². The van der Waals surface area contributed by atoms with E-state index in [4.69, 9.17) is 5.84 Å². The van der Waals surface area contributed by atoms with Crippen molar-refractivity contribution in [1.82, 2.24) is 4.98 Å². The number of hydrogen-bond donors (Lipinski definition) is 5. The summed E-state index contributed by atoms with van der Waals surface area (Å²) in [6.07, 6.45) is 0.983. The molecule has 7 rings (SSSR count). The van der Waals surface area contributed by atoms with Crippen molar-refractivity contribution >= 4 is 77.4 Å². The van der Waals surface area contributed by atoms with Crippen molar-refractivity contribution < 1.29 is 14.4 Å². The Morgan fingerprint density at radius 1 is 0.690 bits per heavy atom. The summed E-state index contributed by atoms with van der Waals surface area (Å²) in [5.74, 6) is 5.11. The number of nitrogens with two attached hydrogens (primary N) is 1. The smallest absolute Gasteiger partial charge is 0.228 e. The van der Waals surface area contributed by atoms with Gasteiger partial charge >= 0.3 is 0 Å². The van der Waals surface area contributed by atoms with Crippen LogP contribution in [0.15, 0.2) is 99.9 Å². The minimum absolute atomic E-state index is 0.0251. The van der Waals surface area contributed by atoms with Crippen LogP contribution in [0.4, 0.5) is 17.1 Å². The number of amides is 2. The second-order valence-corrected chi connectivity index (χ2v) is 11.4. The number of Topliss-reactive ketones (excluding diaryl/α,β-unsaturated/α-hetero) is 1. The van der Waals surface area contributed by atoms with Gasteiger partial charge in [-0.2, -0.15) is 0 Å². The number of H-pyrrole nitrogens is 1. The van der Waals surface area contributed by atoms with E-state index in [-0.39, 0.29) is 24.0 Å². The minimum Gasteiger partial charge on any atom is -0.354 e. The van der Waals surface area contributed by atoms with Gasteiger partial charge in [0.25, 0.3) is 0 Å². The summed E-state index contributed by atoms with van der Waals surface area (Å²) in [5, 5.41) is 6.76. The van der Waals surface area contributed by atoms with Crippen molar-refractivity contribution in [3.8, 4) is 11.3 Å². The quantitative estimate of drug-likeness (QED) is 0.0924. The molecule has 0 spiro atoms. The van der Waals surface area contributed by atoms with E-state index in [1.807, 2.05) is 60.7 Å². The molecule has 0 aliphatic carbocycles. The normalized spacial score (nSPS) is 13.4. The third-order valence-electron chi connectivity index (χ3n) is 6.77. The fourth-order valence-corrected chi connectivity index (χ4v) is 5.38. The highest BCUT2D eigenvalue weighted by Crippen LogP contribution is 2.38. The Kier molecular flexibility index (Phi) is 9.16. The molecular formula is C32H27Br2N5O3. The second kappa shape index (κ2) is 13.2. The summed E-state index contributed by atoms with van der Waals surface area (Å²) in [5.41, 5.74) is 9.76. The van der Waals surface area contributed by atoms with Crippen LogP contribution in [0.5, 0.6) is 0 Å². The number of fused-ring (bicyclic) bond motifs is 6. The minimum atomic E-state index is -0.0849. The van der Waals surface area contributed by atoms with Crippen molar-refractivity contribution in [2.45, 2.75) is 19.3 Å². The number of nitrogens with one attached hydrogen (secondary N) is 4. The summed E-state index contributed by atoms with van der Waals surface area (Å²) < 4.78 is 2.08. The predicted molar refractivity (Wildman–Crippen MR) is 174 cm³/mol. The van der Waals surface area contributed by atoms with Crippen LogP contribution in [0.1, 0.15) is 28.8 Å². The first-order valence-electron chi connectivity index (χ1n) is 13.2. The fraction of sp³-hybridized carbons (Fsp3) is 0.0938. The molecule has 10 heteroatoms. The third kappa shape index (κ3) is 6.79. The lowest BCUT2D eigenvalue weighted by atomic mass is 10.0. The van der Waals surface area contributed by atoms with Gasteiger partial charge in [-0.1, -0.05) is 62.2 Å². The number of nitrogen functional groups attached to an aromatic ring is 1. The van der Waals surface area contributed by atoms with Gasteiger partial charge in [0.05, 0.1) is 23.5 Å². The molecule has 2 amide bonds. The molecule has 5 aromatic rings. The highest BCUT2D eigenvalue weighted by molar-refractivity contribution is 9.10. The zero-order chi connectivity index (χ0) is 29.6. The van der Waals surface area contributed by atoms with Crippen LogP contribution in [0.25, 0.3) is 22.2 Å². The number of hydrogen-bond acceptors (Lipinski definition) is 5. The van der Waals surface area contributed by atoms with Gasteiger partial charge in [-0.05, 0) is 66.2 Å². The largest absolute Gasteiger partial charge is 0.354 e. The summed E-state index contributed by atoms with van der Waals surface area (Å²) in [6, 6.07) is 28.7. The van der Waals surface area contributed by atoms with Crippen LogP contribution in [0.2, 0.25) is 0 Å². The van der Waals surface area contributed by atoms with Crippen molar-refractivity contribution in [3.63, 3.8) is 0 Å². The molecule has 0 atom stereocenters. The molecule has 3 heterocycles.